The van der Waals surface area contributed by atoms with Gasteiger partial charge < -0.3 is 22.1 Å². The Labute approximate surface area is 126 Å². The number of carbonyl (C=O) groups is 2. The van der Waals surface area contributed by atoms with Gasteiger partial charge in [0, 0.05) is 11.4 Å². The fourth-order valence-corrected chi connectivity index (χ4v) is 1.62. The summed E-state index contributed by atoms with van der Waals surface area (Å²) in [5.74, 6) is 0. The topological polar surface area (TPSA) is 135 Å². The van der Waals surface area contributed by atoms with Crippen LogP contribution in [0.4, 0.5) is 32.3 Å². The lowest BCUT2D eigenvalue weighted by molar-refractivity contribution is 0.258. The maximum Gasteiger partial charge on any atom is 0.316 e. The Bertz CT molecular complexity index is 633. The molecule has 2 aromatic carbocycles. The van der Waals surface area contributed by atoms with Crippen molar-refractivity contribution in [2.75, 3.05) is 10.6 Å². The van der Waals surface area contributed by atoms with Crippen LogP contribution in [0.3, 0.4) is 0 Å². The molecule has 8 nitrogen and oxygen atoms in total. The molecule has 112 valence electrons. The first-order chi connectivity index (χ1) is 10.5. The molecular weight excluding hydrogens is 284 g/mol. The third-order valence-corrected chi connectivity index (χ3v) is 2.55. The van der Waals surface area contributed by atoms with Crippen LogP contribution in [0.15, 0.2) is 58.8 Å². The second kappa shape index (κ2) is 6.84. The van der Waals surface area contributed by atoms with E-state index in [0.29, 0.717) is 22.7 Å². The highest BCUT2D eigenvalue weighted by molar-refractivity contribution is 5.88. The molecule has 0 heterocycles. The summed E-state index contributed by atoms with van der Waals surface area (Å²) in [5.41, 5.74) is 12.4. The number of nitrogens with two attached hydrogens (primary N) is 2. The number of nitrogens with one attached hydrogen (secondary N) is 2. The van der Waals surface area contributed by atoms with Gasteiger partial charge in [0.1, 0.15) is 0 Å². The monoisotopic (exact) mass is 298 g/mol. The van der Waals surface area contributed by atoms with E-state index in [0.717, 1.165) is 0 Å². The van der Waals surface area contributed by atoms with Crippen LogP contribution in [0.5, 0.6) is 0 Å². The second-order valence-corrected chi connectivity index (χ2v) is 4.27. The Balaban J connectivity index is 2.01. The number of nitrogens with zero attached hydrogens (tertiary/aromatic N) is 2. The number of azo groups is 1. The van der Waals surface area contributed by atoms with E-state index in [1.54, 1.807) is 48.5 Å². The summed E-state index contributed by atoms with van der Waals surface area (Å²) in [7, 11) is 0. The largest absolute Gasteiger partial charge is 0.351 e. The van der Waals surface area contributed by atoms with Crippen molar-refractivity contribution < 1.29 is 9.59 Å². The zero-order chi connectivity index (χ0) is 15.9. The average molecular weight is 298 g/mol. The molecule has 0 aromatic heterocycles. The van der Waals surface area contributed by atoms with E-state index in [4.69, 9.17) is 11.5 Å². The average Bonchev–Trinajstić information content (AvgIpc) is 2.47. The fraction of sp³-hybridized carbons (Fsp3) is 0. The van der Waals surface area contributed by atoms with E-state index in [2.05, 4.69) is 20.9 Å². The normalized spacial score (nSPS) is 10.4. The molecule has 0 aliphatic heterocycles. The van der Waals surface area contributed by atoms with Gasteiger partial charge in [0.05, 0.1) is 11.4 Å². The number of anilines is 2. The summed E-state index contributed by atoms with van der Waals surface area (Å²) >= 11 is 0. The van der Waals surface area contributed by atoms with E-state index in [-0.39, 0.29) is 0 Å². The van der Waals surface area contributed by atoms with Crippen molar-refractivity contribution in [1.29, 1.82) is 0 Å². The van der Waals surface area contributed by atoms with Crippen LogP contribution in [-0.2, 0) is 0 Å². The van der Waals surface area contributed by atoms with Crippen molar-refractivity contribution in [2.45, 2.75) is 0 Å². The molecule has 6 N–H and O–H groups in total. The molecule has 2 rings (SSSR count). The Kier molecular flexibility index (Phi) is 4.66. The van der Waals surface area contributed by atoms with Gasteiger partial charge in [-0.1, -0.05) is 0 Å². The van der Waals surface area contributed by atoms with Crippen molar-refractivity contribution in [3.63, 3.8) is 0 Å². The molecule has 0 fully saturated rings. The van der Waals surface area contributed by atoms with Gasteiger partial charge in [-0.3, -0.25) is 0 Å². The van der Waals surface area contributed by atoms with Crippen molar-refractivity contribution in [3.8, 4) is 0 Å². The minimum atomic E-state index is -0.626. The van der Waals surface area contributed by atoms with E-state index in [1.807, 2.05) is 0 Å². The molecule has 4 amide bonds. The molecule has 2 aromatic rings. The summed E-state index contributed by atoms with van der Waals surface area (Å²) < 4.78 is 0. The van der Waals surface area contributed by atoms with Crippen molar-refractivity contribution in [2.24, 2.45) is 21.7 Å². The minimum Gasteiger partial charge on any atom is -0.351 e. The maximum atomic E-state index is 10.7. The van der Waals surface area contributed by atoms with Crippen molar-refractivity contribution >= 4 is 34.8 Å². The predicted octanol–water partition coefficient (Wildman–Crippen LogP) is 3.08. The first-order valence-electron chi connectivity index (χ1n) is 6.28. The molecule has 0 radical (unpaired) electrons. The molecule has 0 aliphatic rings. The third-order valence-electron chi connectivity index (χ3n) is 2.55. The maximum absolute atomic E-state index is 10.7. The highest BCUT2D eigenvalue weighted by Crippen LogP contribution is 2.21. The number of rotatable bonds is 4. The molecule has 0 unspecified atom stereocenters. The molecule has 0 aliphatic carbocycles. The molecule has 0 saturated carbocycles. The minimum absolute atomic E-state index is 0.577. The van der Waals surface area contributed by atoms with Gasteiger partial charge in [0.15, 0.2) is 0 Å². The van der Waals surface area contributed by atoms with Gasteiger partial charge in [-0.05, 0) is 48.5 Å². The standard InChI is InChI=1S/C14H14N6O2/c15-13(21)17-9-1-5-11(6-2-9)19-20-12-7-3-10(4-8-12)18-14(16)22/h1-8H,(H3,15,17,21)(H3,16,18,22)/b20-19+. The number of benzene rings is 2. The highest BCUT2D eigenvalue weighted by Gasteiger charge is 1.97. The molecule has 0 atom stereocenters. The molecule has 8 heteroatoms. The summed E-state index contributed by atoms with van der Waals surface area (Å²) in [5, 5.41) is 13.0. The predicted molar refractivity (Wildman–Crippen MR) is 83.5 cm³/mol. The van der Waals surface area contributed by atoms with Gasteiger partial charge in [0.25, 0.3) is 0 Å². The molecule has 22 heavy (non-hydrogen) atoms. The molecule has 0 saturated heterocycles. The van der Waals surface area contributed by atoms with E-state index in [1.165, 1.54) is 0 Å². The number of carbonyl (C=O) groups excluding carboxylic acids is 2. The SMILES string of the molecule is NC(=O)Nc1ccc(/N=N/c2ccc(NC(N)=O)cc2)cc1. The number of hydrogen-bond acceptors (Lipinski definition) is 4. The second-order valence-electron chi connectivity index (χ2n) is 4.27. The van der Waals surface area contributed by atoms with Crippen LogP contribution < -0.4 is 22.1 Å². The summed E-state index contributed by atoms with van der Waals surface area (Å²) in [6.45, 7) is 0. The molecule has 0 bridgehead atoms. The highest BCUT2D eigenvalue weighted by atomic mass is 16.2. The third kappa shape index (κ3) is 4.60. The lowest BCUT2D eigenvalue weighted by Gasteiger charge is -2.01. The van der Waals surface area contributed by atoms with Crippen LogP contribution in [0, 0.1) is 0 Å². The van der Waals surface area contributed by atoms with Crippen LogP contribution in [0.1, 0.15) is 0 Å². The molecule has 0 spiro atoms. The first kappa shape index (κ1) is 15.0. The van der Waals surface area contributed by atoms with Crippen LogP contribution in [0.25, 0.3) is 0 Å². The van der Waals surface area contributed by atoms with Gasteiger partial charge in [-0.2, -0.15) is 10.2 Å². The van der Waals surface area contributed by atoms with Crippen molar-refractivity contribution in [3.05, 3.63) is 48.5 Å². The van der Waals surface area contributed by atoms with E-state index >= 15 is 0 Å². The Morgan fingerprint density at radius 2 is 1.00 bits per heavy atom. The van der Waals surface area contributed by atoms with Gasteiger partial charge in [-0.15, -0.1) is 0 Å². The smallest absolute Gasteiger partial charge is 0.316 e. The lowest BCUT2D eigenvalue weighted by Crippen LogP contribution is -2.19. The van der Waals surface area contributed by atoms with Gasteiger partial charge >= 0.3 is 12.1 Å². The summed E-state index contributed by atoms with van der Waals surface area (Å²) in [4.78, 5) is 21.4. The quantitative estimate of drug-likeness (QED) is 0.645. The Morgan fingerprint density at radius 1 is 0.682 bits per heavy atom. The number of hydrogen-bond donors (Lipinski definition) is 4. The lowest BCUT2D eigenvalue weighted by atomic mass is 10.3. The summed E-state index contributed by atoms with van der Waals surface area (Å²) in [6.07, 6.45) is 0. The van der Waals surface area contributed by atoms with Crippen molar-refractivity contribution in [1.82, 2.24) is 0 Å². The van der Waals surface area contributed by atoms with Crippen LogP contribution >= 0.6 is 0 Å². The van der Waals surface area contributed by atoms with E-state index in [9.17, 15) is 9.59 Å². The van der Waals surface area contributed by atoms with Crippen LogP contribution in [-0.4, -0.2) is 12.1 Å². The zero-order valence-corrected chi connectivity index (χ0v) is 11.5. The molecular formula is C14H14N6O2. The number of amides is 4. The number of primary amides is 2. The number of urea groups is 2. The first-order valence-corrected chi connectivity index (χ1v) is 6.28. The van der Waals surface area contributed by atoms with Gasteiger partial charge in [0.2, 0.25) is 0 Å². The fourth-order valence-electron chi connectivity index (χ4n) is 1.62. The Morgan fingerprint density at radius 3 is 1.27 bits per heavy atom. The Hall–Kier alpha value is -3.42. The zero-order valence-electron chi connectivity index (χ0n) is 11.5. The van der Waals surface area contributed by atoms with Crippen LogP contribution in [0.2, 0.25) is 0 Å². The van der Waals surface area contributed by atoms with Gasteiger partial charge in [-0.25, -0.2) is 9.59 Å². The van der Waals surface area contributed by atoms with E-state index < -0.39 is 12.1 Å². The summed E-state index contributed by atoms with van der Waals surface area (Å²) in [6, 6.07) is 12.2.